The van der Waals surface area contributed by atoms with E-state index < -0.39 is 0 Å². The normalized spacial score (nSPS) is 10.6. The molecule has 0 spiro atoms. The lowest BCUT2D eigenvalue weighted by molar-refractivity contribution is 1.33. The molecule has 0 saturated heterocycles. The summed E-state index contributed by atoms with van der Waals surface area (Å²) in [6.45, 7) is 0. The van der Waals surface area contributed by atoms with E-state index in [1.807, 2.05) is 30.5 Å². The highest BCUT2D eigenvalue weighted by atomic mass is 14.9. The number of hydrogen-bond donors (Lipinski definition) is 2. The Morgan fingerprint density at radius 2 is 0.816 bits per heavy atom. The highest BCUT2D eigenvalue weighted by Crippen LogP contribution is 2.29. The molecular weight excluding hydrogens is 462 g/mol. The lowest BCUT2D eigenvalue weighted by atomic mass is 10.00. The smallest absolute Gasteiger partial charge is 0.0390 e. The van der Waals surface area contributed by atoms with Crippen LogP contribution in [0.2, 0.25) is 0 Å². The number of benzene rings is 5. The van der Waals surface area contributed by atoms with Crippen molar-refractivity contribution >= 4 is 22.7 Å². The number of pyridine rings is 1. The van der Waals surface area contributed by atoms with E-state index in [2.05, 4.69) is 131 Å². The van der Waals surface area contributed by atoms with Gasteiger partial charge >= 0.3 is 0 Å². The van der Waals surface area contributed by atoms with Crippen molar-refractivity contribution in [3.63, 3.8) is 0 Å². The molecule has 3 nitrogen and oxygen atoms in total. The number of aromatic nitrogens is 1. The Labute approximate surface area is 223 Å². The number of rotatable bonds is 7. The zero-order chi connectivity index (χ0) is 25.6. The molecular formula is C35H27N3. The third-order valence-corrected chi connectivity index (χ3v) is 6.53. The maximum atomic E-state index is 4.21. The number of nitrogens with one attached hydrogen (secondary N) is 2. The molecule has 0 atom stereocenters. The quantitative estimate of drug-likeness (QED) is 0.234. The molecule has 0 unspecified atom stereocenters. The molecule has 0 bridgehead atoms. The van der Waals surface area contributed by atoms with E-state index in [0.29, 0.717) is 0 Å². The first-order valence-corrected chi connectivity index (χ1v) is 12.7. The van der Waals surface area contributed by atoms with Crippen LogP contribution in [-0.2, 0) is 0 Å². The van der Waals surface area contributed by atoms with Crippen LogP contribution in [0.1, 0.15) is 0 Å². The van der Waals surface area contributed by atoms with Crippen LogP contribution < -0.4 is 10.6 Å². The molecule has 0 radical (unpaired) electrons. The monoisotopic (exact) mass is 489 g/mol. The van der Waals surface area contributed by atoms with Crippen LogP contribution >= 0.6 is 0 Å². The predicted octanol–water partition coefficient (Wildman–Crippen LogP) is 9.57. The third kappa shape index (κ3) is 5.48. The van der Waals surface area contributed by atoms with Gasteiger partial charge in [0.2, 0.25) is 0 Å². The molecule has 1 aromatic heterocycles. The summed E-state index contributed by atoms with van der Waals surface area (Å²) in [7, 11) is 0. The Balaban J connectivity index is 1.14. The molecule has 0 aliphatic heterocycles. The van der Waals surface area contributed by atoms with E-state index >= 15 is 0 Å². The Morgan fingerprint density at radius 3 is 1.42 bits per heavy atom. The Bertz CT molecular complexity index is 1610. The average Bonchev–Trinajstić information content (AvgIpc) is 2.99. The summed E-state index contributed by atoms with van der Waals surface area (Å²) in [4.78, 5) is 4.21. The fraction of sp³-hybridized carbons (Fsp3) is 0. The zero-order valence-corrected chi connectivity index (χ0v) is 20.9. The van der Waals surface area contributed by atoms with Crippen LogP contribution in [0, 0.1) is 0 Å². The van der Waals surface area contributed by atoms with Gasteiger partial charge in [0.05, 0.1) is 0 Å². The molecule has 38 heavy (non-hydrogen) atoms. The maximum Gasteiger partial charge on any atom is 0.0390 e. The van der Waals surface area contributed by atoms with E-state index in [1.165, 1.54) is 22.3 Å². The molecule has 0 aliphatic carbocycles. The summed E-state index contributed by atoms with van der Waals surface area (Å²) in [5.74, 6) is 0. The Morgan fingerprint density at radius 1 is 0.342 bits per heavy atom. The largest absolute Gasteiger partial charge is 0.356 e. The van der Waals surface area contributed by atoms with Crippen LogP contribution in [0.3, 0.4) is 0 Å². The van der Waals surface area contributed by atoms with Gasteiger partial charge in [0.15, 0.2) is 0 Å². The van der Waals surface area contributed by atoms with E-state index in [0.717, 1.165) is 33.9 Å². The van der Waals surface area contributed by atoms with Gasteiger partial charge in [0.1, 0.15) is 0 Å². The van der Waals surface area contributed by atoms with Crippen molar-refractivity contribution in [2.75, 3.05) is 10.6 Å². The minimum atomic E-state index is 1.05. The van der Waals surface area contributed by atoms with E-state index in [4.69, 9.17) is 0 Å². The van der Waals surface area contributed by atoms with Gasteiger partial charge in [-0.15, -0.1) is 0 Å². The van der Waals surface area contributed by atoms with Gasteiger partial charge in [-0.1, -0.05) is 84.9 Å². The first-order chi connectivity index (χ1) is 18.8. The van der Waals surface area contributed by atoms with Gasteiger partial charge < -0.3 is 10.6 Å². The highest BCUT2D eigenvalue weighted by molar-refractivity contribution is 5.75. The number of nitrogens with zero attached hydrogens (tertiary/aromatic N) is 1. The van der Waals surface area contributed by atoms with Crippen molar-refractivity contribution in [3.05, 3.63) is 152 Å². The minimum Gasteiger partial charge on any atom is -0.356 e. The van der Waals surface area contributed by atoms with Crippen LogP contribution in [0.4, 0.5) is 22.7 Å². The van der Waals surface area contributed by atoms with Gasteiger partial charge in [-0.2, -0.15) is 0 Å². The van der Waals surface area contributed by atoms with Crippen molar-refractivity contribution < 1.29 is 0 Å². The molecule has 6 aromatic rings. The van der Waals surface area contributed by atoms with Gasteiger partial charge in [-0.05, 0) is 88.0 Å². The molecule has 0 amide bonds. The number of anilines is 4. The summed E-state index contributed by atoms with van der Waals surface area (Å²) in [5, 5.41) is 6.97. The molecule has 5 aromatic carbocycles. The highest BCUT2D eigenvalue weighted by Gasteiger charge is 2.04. The molecule has 3 heteroatoms. The molecule has 182 valence electrons. The lowest BCUT2D eigenvalue weighted by Gasteiger charge is -2.11. The van der Waals surface area contributed by atoms with Crippen LogP contribution in [0.15, 0.2) is 152 Å². The summed E-state index contributed by atoms with van der Waals surface area (Å²) >= 11 is 0. The van der Waals surface area contributed by atoms with Gasteiger partial charge in [-0.25, -0.2) is 0 Å². The standard InChI is InChI=1S/C35H27N3/c1-2-8-32(9-3-1)37-33-19-15-27(16-20-33)26-11-13-28(14-12-26)30-6-4-10-35(24-30)38-34-21-17-29(18-22-34)31-7-5-23-36-25-31/h1-25,37-38H. The zero-order valence-electron chi connectivity index (χ0n) is 20.9. The molecule has 0 saturated carbocycles. The second-order valence-corrected chi connectivity index (χ2v) is 9.17. The van der Waals surface area contributed by atoms with E-state index in [9.17, 15) is 0 Å². The van der Waals surface area contributed by atoms with Gasteiger partial charge in [-0.3, -0.25) is 4.98 Å². The van der Waals surface area contributed by atoms with Crippen molar-refractivity contribution in [2.24, 2.45) is 0 Å². The summed E-state index contributed by atoms with van der Waals surface area (Å²) in [5.41, 5.74) is 11.3. The summed E-state index contributed by atoms with van der Waals surface area (Å²) in [6.07, 6.45) is 3.68. The lowest BCUT2D eigenvalue weighted by Crippen LogP contribution is -1.91. The maximum absolute atomic E-state index is 4.21. The SMILES string of the molecule is c1ccc(Nc2ccc(-c3ccc(-c4cccc(Nc5ccc(-c6cccnc6)cc5)c4)cc3)cc2)cc1. The summed E-state index contributed by atoms with van der Waals surface area (Å²) < 4.78 is 0. The van der Waals surface area contributed by atoms with Crippen molar-refractivity contribution in [1.82, 2.24) is 4.98 Å². The van der Waals surface area contributed by atoms with Gasteiger partial charge in [0.25, 0.3) is 0 Å². The first-order valence-electron chi connectivity index (χ1n) is 12.7. The molecule has 1 heterocycles. The molecule has 0 fully saturated rings. The van der Waals surface area contributed by atoms with Gasteiger partial charge in [0, 0.05) is 35.1 Å². The second-order valence-electron chi connectivity index (χ2n) is 9.17. The Kier molecular flexibility index (Phi) is 6.64. The fourth-order valence-corrected chi connectivity index (χ4v) is 4.51. The topological polar surface area (TPSA) is 37.0 Å². The Hall–Kier alpha value is -5.15. The number of hydrogen-bond acceptors (Lipinski definition) is 3. The minimum absolute atomic E-state index is 1.05. The van der Waals surface area contributed by atoms with Crippen LogP contribution in [0.5, 0.6) is 0 Å². The average molecular weight is 490 g/mol. The van der Waals surface area contributed by atoms with E-state index in [-0.39, 0.29) is 0 Å². The third-order valence-electron chi connectivity index (χ3n) is 6.53. The second kappa shape index (κ2) is 10.9. The fourth-order valence-electron chi connectivity index (χ4n) is 4.51. The van der Waals surface area contributed by atoms with Crippen LogP contribution in [0.25, 0.3) is 33.4 Å². The van der Waals surface area contributed by atoms with Crippen LogP contribution in [-0.4, -0.2) is 4.98 Å². The summed E-state index contributed by atoms with van der Waals surface area (Å²) in [6, 6.07) is 48.5. The molecule has 0 aliphatic rings. The number of para-hydroxylation sites is 1. The molecule has 6 rings (SSSR count). The van der Waals surface area contributed by atoms with Crippen molar-refractivity contribution in [2.45, 2.75) is 0 Å². The van der Waals surface area contributed by atoms with E-state index in [1.54, 1.807) is 6.20 Å². The predicted molar refractivity (Wildman–Crippen MR) is 160 cm³/mol. The molecule has 2 N–H and O–H groups in total. The first kappa shape index (κ1) is 23.3. The van der Waals surface area contributed by atoms with Crippen molar-refractivity contribution in [3.8, 4) is 33.4 Å². The van der Waals surface area contributed by atoms with Crippen molar-refractivity contribution in [1.29, 1.82) is 0 Å².